The van der Waals surface area contributed by atoms with Crippen LogP contribution in [-0.4, -0.2) is 21.4 Å². The maximum atomic E-state index is 11.1. The molecule has 0 fully saturated rings. The predicted molar refractivity (Wildman–Crippen MR) is 96.7 cm³/mol. The molecule has 0 amide bonds. The molecule has 2 atom stereocenters. The minimum Gasteiger partial charge on any atom is -0.485 e. The van der Waals surface area contributed by atoms with E-state index in [1.807, 2.05) is 42.7 Å². The third-order valence-corrected chi connectivity index (χ3v) is 5.00. The lowest BCUT2D eigenvalue weighted by Gasteiger charge is -2.43. The van der Waals surface area contributed by atoms with Gasteiger partial charge in [0.05, 0.1) is 28.8 Å². The van der Waals surface area contributed by atoms with E-state index in [2.05, 4.69) is 12.1 Å². The molecule has 1 N–H and O–H groups in total. The van der Waals surface area contributed by atoms with E-state index in [0.29, 0.717) is 16.9 Å². The molecule has 0 radical (unpaired) electrons. The minimum atomic E-state index is -0.855. The first-order chi connectivity index (χ1) is 12.5. The Labute approximate surface area is 151 Å². The van der Waals surface area contributed by atoms with Crippen molar-refractivity contribution in [2.24, 2.45) is 0 Å². The van der Waals surface area contributed by atoms with Gasteiger partial charge in [-0.1, -0.05) is 18.2 Å². The fourth-order valence-corrected chi connectivity index (χ4v) is 3.66. The number of aliphatic hydroxyl groups excluding tert-OH is 1. The van der Waals surface area contributed by atoms with E-state index in [4.69, 9.17) is 4.74 Å². The fraction of sp³-hybridized carbons (Fsp3) is 0.238. The van der Waals surface area contributed by atoms with Crippen LogP contribution in [0.3, 0.4) is 0 Å². The SMILES string of the molecule is CC1(C)Oc2ccc(C#N)cc2[C@@H](n2cc(C#N)c3ccccc32)[C@@H]1O. The second kappa shape index (κ2) is 5.62. The summed E-state index contributed by atoms with van der Waals surface area (Å²) in [6.45, 7) is 3.67. The molecule has 5 nitrogen and oxygen atoms in total. The molecule has 0 saturated heterocycles. The van der Waals surface area contributed by atoms with Crippen LogP contribution in [0.5, 0.6) is 5.75 Å². The number of aromatic nitrogens is 1. The molecule has 2 heterocycles. The van der Waals surface area contributed by atoms with Crippen LogP contribution in [0.1, 0.15) is 36.6 Å². The van der Waals surface area contributed by atoms with Gasteiger partial charge in [0.15, 0.2) is 0 Å². The number of fused-ring (bicyclic) bond motifs is 2. The molecule has 5 heteroatoms. The third-order valence-electron chi connectivity index (χ3n) is 5.00. The fourth-order valence-electron chi connectivity index (χ4n) is 3.66. The highest BCUT2D eigenvalue weighted by atomic mass is 16.5. The van der Waals surface area contributed by atoms with Crippen LogP contribution in [0.4, 0.5) is 0 Å². The van der Waals surface area contributed by atoms with Gasteiger partial charge in [-0.05, 0) is 38.1 Å². The first-order valence-corrected chi connectivity index (χ1v) is 8.37. The Morgan fingerprint density at radius 1 is 1.12 bits per heavy atom. The van der Waals surface area contributed by atoms with Crippen LogP contribution in [0.2, 0.25) is 0 Å². The topological polar surface area (TPSA) is 82.0 Å². The molecule has 2 aromatic carbocycles. The first-order valence-electron chi connectivity index (χ1n) is 8.37. The molecular formula is C21H17N3O2. The summed E-state index contributed by atoms with van der Waals surface area (Å²) in [6, 6.07) is 16.7. The first kappa shape index (κ1) is 16.2. The Hall–Kier alpha value is -3.28. The van der Waals surface area contributed by atoms with Gasteiger partial charge in [0.1, 0.15) is 23.5 Å². The van der Waals surface area contributed by atoms with E-state index in [1.165, 1.54) is 0 Å². The molecule has 128 valence electrons. The summed E-state index contributed by atoms with van der Waals surface area (Å²) in [5, 5.41) is 30.7. The molecule has 1 aliphatic heterocycles. The number of hydrogen-bond acceptors (Lipinski definition) is 4. The number of ether oxygens (including phenoxy) is 1. The monoisotopic (exact) mass is 343 g/mol. The summed E-state index contributed by atoms with van der Waals surface area (Å²) in [5.74, 6) is 0.639. The Morgan fingerprint density at radius 2 is 1.88 bits per heavy atom. The Balaban J connectivity index is 2.02. The van der Waals surface area contributed by atoms with Gasteiger partial charge in [-0.25, -0.2) is 0 Å². The highest BCUT2D eigenvalue weighted by Crippen LogP contribution is 2.43. The van der Waals surface area contributed by atoms with Crippen molar-refractivity contribution in [3.8, 4) is 17.9 Å². The van der Waals surface area contributed by atoms with Gasteiger partial charge in [0, 0.05) is 17.1 Å². The van der Waals surface area contributed by atoms with Gasteiger partial charge >= 0.3 is 0 Å². The maximum Gasteiger partial charge on any atom is 0.132 e. The zero-order valence-corrected chi connectivity index (χ0v) is 14.5. The van der Waals surface area contributed by atoms with Crippen molar-refractivity contribution in [1.82, 2.24) is 4.57 Å². The highest BCUT2D eigenvalue weighted by Gasteiger charge is 2.44. The summed E-state index contributed by atoms with van der Waals surface area (Å²) in [7, 11) is 0. The van der Waals surface area contributed by atoms with E-state index in [1.54, 1.807) is 24.4 Å². The number of hydrogen-bond donors (Lipinski definition) is 1. The largest absolute Gasteiger partial charge is 0.485 e. The number of benzene rings is 2. The van der Waals surface area contributed by atoms with E-state index < -0.39 is 17.7 Å². The van der Waals surface area contributed by atoms with E-state index in [0.717, 1.165) is 16.5 Å². The van der Waals surface area contributed by atoms with Gasteiger partial charge in [-0.3, -0.25) is 0 Å². The normalized spacial score (nSPS) is 20.7. The van der Waals surface area contributed by atoms with E-state index >= 15 is 0 Å². The average Bonchev–Trinajstić information content (AvgIpc) is 3.01. The second-order valence-electron chi connectivity index (χ2n) is 7.04. The van der Waals surface area contributed by atoms with Crippen molar-refractivity contribution in [3.05, 3.63) is 65.4 Å². The zero-order chi connectivity index (χ0) is 18.5. The Kier molecular flexibility index (Phi) is 3.50. The molecule has 3 aromatic rings. The number of nitrogens with zero attached hydrogens (tertiary/aromatic N) is 3. The predicted octanol–water partition coefficient (Wildman–Crippen LogP) is 3.51. The molecule has 4 rings (SSSR count). The van der Waals surface area contributed by atoms with Crippen LogP contribution in [0, 0.1) is 22.7 Å². The van der Waals surface area contributed by atoms with Crippen LogP contribution in [0.15, 0.2) is 48.7 Å². The van der Waals surface area contributed by atoms with Crippen LogP contribution in [0.25, 0.3) is 10.9 Å². The molecule has 0 unspecified atom stereocenters. The molecule has 1 aromatic heterocycles. The second-order valence-corrected chi connectivity index (χ2v) is 7.04. The lowest BCUT2D eigenvalue weighted by molar-refractivity contribution is -0.0629. The van der Waals surface area contributed by atoms with Gasteiger partial charge in [0.2, 0.25) is 0 Å². The molecule has 0 bridgehead atoms. The zero-order valence-electron chi connectivity index (χ0n) is 14.5. The van der Waals surface area contributed by atoms with Gasteiger partial charge in [-0.2, -0.15) is 10.5 Å². The maximum absolute atomic E-state index is 11.1. The molecule has 0 spiro atoms. The summed E-state index contributed by atoms with van der Waals surface area (Å²) < 4.78 is 7.91. The van der Waals surface area contributed by atoms with Crippen molar-refractivity contribution in [3.63, 3.8) is 0 Å². The molecule has 0 aliphatic carbocycles. The van der Waals surface area contributed by atoms with Crippen molar-refractivity contribution >= 4 is 10.9 Å². The molecular weight excluding hydrogens is 326 g/mol. The highest BCUT2D eigenvalue weighted by molar-refractivity contribution is 5.86. The number of aliphatic hydroxyl groups is 1. The van der Waals surface area contributed by atoms with Crippen LogP contribution >= 0.6 is 0 Å². The third kappa shape index (κ3) is 2.26. The van der Waals surface area contributed by atoms with Crippen LogP contribution in [-0.2, 0) is 0 Å². The quantitative estimate of drug-likeness (QED) is 0.733. The summed E-state index contributed by atoms with van der Waals surface area (Å²) in [4.78, 5) is 0. The van der Waals surface area contributed by atoms with Crippen LogP contribution < -0.4 is 4.74 Å². The van der Waals surface area contributed by atoms with Crippen molar-refractivity contribution in [2.45, 2.75) is 31.6 Å². The van der Waals surface area contributed by atoms with Crippen molar-refractivity contribution < 1.29 is 9.84 Å². The minimum absolute atomic E-state index is 0.464. The number of nitriles is 2. The van der Waals surface area contributed by atoms with Crippen molar-refractivity contribution in [2.75, 3.05) is 0 Å². The molecule has 1 aliphatic rings. The standard InChI is InChI=1S/C21H17N3O2/c1-21(2)20(25)19(16-9-13(10-22)7-8-18(16)26-21)24-12-14(11-23)15-5-3-4-6-17(15)24/h3-9,12,19-20,25H,1-2H3/t19-,20+/m1/s1. The number of para-hydroxylation sites is 1. The summed E-state index contributed by atoms with van der Waals surface area (Å²) in [6.07, 6.45) is 0.911. The smallest absolute Gasteiger partial charge is 0.132 e. The van der Waals surface area contributed by atoms with E-state index in [-0.39, 0.29) is 0 Å². The lowest BCUT2D eigenvalue weighted by atomic mass is 9.85. The van der Waals surface area contributed by atoms with Crippen molar-refractivity contribution in [1.29, 1.82) is 10.5 Å². The number of rotatable bonds is 1. The average molecular weight is 343 g/mol. The Morgan fingerprint density at radius 3 is 2.62 bits per heavy atom. The summed E-state index contributed by atoms with van der Waals surface area (Å²) in [5.41, 5.74) is 1.83. The molecule has 0 saturated carbocycles. The molecule has 26 heavy (non-hydrogen) atoms. The van der Waals surface area contributed by atoms with Gasteiger partial charge in [0.25, 0.3) is 0 Å². The van der Waals surface area contributed by atoms with E-state index in [9.17, 15) is 15.6 Å². The van der Waals surface area contributed by atoms with Gasteiger partial charge < -0.3 is 14.4 Å². The van der Waals surface area contributed by atoms with Gasteiger partial charge in [-0.15, -0.1) is 0 Å². The summed E-state index contributed by atoms with van der Waals surface area (Å²) >= 11 is 0. The Bertz CT molecular complexity index is 1100. The lowest BCUT2D eigenvalue weighted by Crippen LogP contribution is -2.50.